The van der Waals surface area contributed by atoms with Crippen molar-refractivity contribution in [3.63, 3.8) is 0 Å². The van der Waals surface area contributed by atoms with Gasteiger partial charge in [-0.05, 0) is 42.5 Å². The number of benzene rings is 2. The molecule has 2 aromatic carbocycles. The zero-order chi connectivity index (χ0) is 20.6. The number of sulfonamides is 1. The zero-order valence-electron chi connectivity index (χ0n) is 15.0. The van der Waals surface area contributed by atoms with Crippen molar-refractivity contribution >= 4 is 43.5 Å². The average Bonchev–Trinajstić information content (AvgIpc) is 2.64. The molecule has 0 heterocycles. The highest BCUT2D eigenvalue weighted by Gasteiger charge is 2.16. The SMILES string of the molecule is CC(=O)Nc1ccc(S(=O)(=O)NCC(=O)OCCOc2cccc(Br)c2)cc1. The normalized spacial score (nSPS) is 10.9. The van der Waals surface area contributed by atoms with E-state index in [1.54, 1.807) is 12.1 Å². The molecule has 2 aromatic rings. The molecule has 0 radical (unpaired) electrons. The first-order chi connectivity index (χ1) is 13.3. The Bertz CT molecular complexity index is 931. The van der Waals surface area contributed by atoms with Gasteiger partial charge in [0.15, 0.2) is 0 Å². The highest BCUT2D eigenvalue weighted by molar-refractivity contribution is 9.10. The fraction of sp³-hybridized carbons (Fsp3) is 0.222. The number of carbonyl (C=O) groups excluding carboxylic acids is 2. The van der Waals surface area contributed by atoms with Crippen molar-refractivity contribution in [2.24, 2.45) is 0 Å². The molecule has 0 aliphatic carbocycles. The average molecular weight is 471 g/mol. The molecule has 28 heavy (non-hydrogen) atoms. The summed E-state index contributed by atoms with van der Waals surface area (Å²) >= 11 is 3.32. The van der Waals surface area contributed by atoms with Crippen LogP contribution in [-0.2, 0) is 24.3 Å². The Morgan fingerprint density at radius 3 is 2.43 bits per heavy atom. The second-order valence-electron chi connectivity index (χ2n) is 5.56. The lowest BCUT2D eigenvalue weighted by atomic mass is 10.3. The Morgan fingerprint density at radius 1 is 1.07 bits per heavy atom. The fourth-order valence-electron chi connectivity index (χ4n) is 2.08. The smallest absolute Gasteiger partial charge is 0.321 e. The molecule has 0 bridgehead atoms. The molecule has 0 aliphatic heterocycles. The van der Waals surface area contributed by atoms with Crippen LogP contribution in [0.2, 0.25) is 0 Å². The van der Waals surface area contributed by atoms with E-state index in [0.29, 0.717) is 11.4 Å². The maximum atomic E-state index is 12.2. The number of rotatable bonds is 9. The van der Waals surface area contributed by atoms with Crippen molar-refractivity contribution < 1.29 is 27.5 Å². The van der Waals surface area contributed by atoms with Crippen LogP contribution in [0.25, 0.3) is 0 Å². The van der Waals surface area contributed by atoms with Crippen LogP contribution < -0.4 is 14.8 Å². The van der Waals surface area contributed by atoms with Crippen molar-refractivity contribution in [2.75, 3.05) is 25.1 Å². The third kappa shape index (κ3) is 7.29. The molecule has 0 saturated heterocycles. The Labute approximate surface area is 171 Å². The van der Waals surface area contributed by atoms with E-state index in [2.05, 4.69) is 26.0 Å². The number of halogens is 1. The first-order valence-corrected chi connectivity index (χ1v) is 10.5. The summed E-state index contributed by atoms with van der Waals surface area (Å²) in [6.07, 6.45) is 0. The molecular formula is C18H19BrN2O6S. The summed E-state index contributed by atoms with van der Waals surface area (Å²) in [6.45, 7) is 0.965. The van der Waals surface area contributed by atoms with Crippen molar-refractivity contribution in [3.05, 3.63) is 53.0 Å². The highest BCUT2D eigenvalue weighted by Crippen LogP contribution is 2.17. The molecule has 0 fully saturated rings. The molecule has 0 saturated carbocycles. The van der Waals surface area contributed by atoms with E-state index in [-0.39, 0.29) is 24.0 Å². The summed E-state index contributed by atoms with van der Waals surface area (Å²) in [4.78, 5) is 22.6. The van der Waals surface area contributed by atoms with Crippen LogP contribution >= 0.6 is 15.9 Å². The first-order valence-electron chi connectivity index (χ1n) is 8.17. The second-order valence-corrected chi connectivity index (χ2v) is 8.24. The summed E-state index contributed by atoms with van der Waals surface area (Å²) in [7, 11) is -3.88. The molecule has 0 aliphatic rings. The lowest BCUT2D eigenvalue weighted by Gasteiger charge is -2.09. The Balaban J connectivity index is 1.75. The van der Waals surface area contributed by atoms with E-state index >= 15 is 0 Å². The van der Waals surface area contributed by atoms with Crippen molar-refractivity contribution in [2.45, 2.75) is 11.8 Å². The van der Waals surface area contributed by atoms with Crippen molar-refractivity contribution in [1.82, 2.24) is 4.72 Å². The number of anilines is 1. The summed E-state index contributed by atoms with van der Waals surface area (Å²) in [6, 6.07) is 12.7. The lowest BCUT2D eigenvalue weighted by molar-refractivity contribution is -0.142. The largest absolute Gasteiger partial charge is 0.490 e. The molecule has 1 amide bonds. The van der Waals surface area contributed by atoms with Crippen LogP contribution in [0.5, 0.6) is 5.75 Å². The van der Waals surface area contributed by atoms with Gasteiger partial charge in [-0.15, -0.1) is 0 Å². The number of ether oxygens (including phenoxy) is 2. The number of carbonyl (C=O) groups is 2. The van der Waals surface area contributed by atoms with Crippen LogP contribution in [-0.4, -0.2) is 40.1 Å². The van der Waals surface area contributed by atoms with Crippen LogP contribution in [0.4, 0.5) is 5.69 Å². The van der Waals surface area contributed by atoms with Crippen molar-refractivity contribution in [3.8, 4) is 5.75 Å². The van der Waals surface area contributed by atoms with E-state index in [1.165, 1.54) is 31.2 Å². The molecule has 150 valence electrons. The maximum absolute atomic E-state index is 12.2. The maximum Gasteiger partial charge on any atom is 0.321 e. The van der Waals surface area contributed by atoms with Crippen LogP contribution in [0.3, 0.4) is 0 Å². The van der Waals surface area contributed by atoms with Gasteiger partial charge in [-0.3, -0.25) is 9.59 Å². The number of hydrogen-bond donors (Lipinski definition) is 2. The zero-order valence-corrected chi connectivity index (χ0v) is 17.4. The summed E-state index contributed by atoms with van der Waals surface area (Å²) in [5.41, 5.74) is 0.469. The Morgan fingerprint density at radius 2 is 1.79 bits per heavy atom. The lowest BCUT2D eigenvalue weighted by Crippen LogP contribution is -2.31. The van der Waals surface area contributed by atoms with Gasteiger partial charge in [0.05, 0.1) is 4.90 Å². The number of nitrogens with one attached hydrogen (secondary N) is 2. The van der Waals surface area contributed by atoms with E-state index in [4.69, 9.17) is 9.47 Å². The minimum absolute atomic E-state index is 0.0154. The van der Waals surface area contributed by atoms with Gasteiger partial charge in [-0.1, -0.05) is 22.0 Å². The van der Waals surface area contributed by atoms with E-state index in [1.807, 2.05) is 12.1 Å². The molecule has 2 rings (SSSR count). The number of amides is 1. The van der Waals surface area contributed by atoms with Crippen LogP contribution in [0.1, 0.15) is 6.92 Å². The van der Waals surface area contributed by atoms with Crippen LogP contribution in [0, 0.1) is 0 Å². The van der Waals surface area contributed by atoms with Gasteiger partial charge in [-0.2, -0.15) is 4.72 Å². The van der Waals surface area contributed by atoms with E-state index < -0.39 is 22.5 Å². The molecule has 2 N–H and O–H groups in total. The molecule has 0 unspecified atom stereocenters. The van der Waals surface area contributed by atoms with E-state index in [0.717, 1.165) is 4.47 Å². The summed E-state index contributed by atoms with van der Waals surface area (Å²) in [5, 5.41) is 2.53. The standard InChI is InChI=1S/C18H19BrN2O6S/c1-13(22)21-15-5-7-17(8-6-15)28(24,25)20-12-18(23)27-10-9-26-16-4-2-3-14(19)11-16/h2-8,11,20H,9-10,12H2,1H3,(H,21,22). The molecule has 0 spiro atoms. The second kappa shape index (κ2) is 10.2. The fourth-order valence-corrected chi connectivity index (χ4v) is 3.43. The van der Waals surface area contributed by atoms with Crippen molar-refractivity contribution in [1.29, 1.82) is 0 Å². The molecule has 10 heteroatoms. The molecule has 0 aromatic heterocycles. The van der Waals surface area contributed by atoms with Gasteiger partial charge in [0, 0.05) is 17.1 Å². The summed E-state index contributed by atoms with van der Waals surface area (Å²) < 4.78 is 37.7. The minimum atomic E-state index is -3.88. The van der Waals surface area contributed by atoms with Gasteiger partial charge in [0.1, 0.15) is 25.5 Å². The molecule has 0 atom stereocenters. The topological polar surface area (TPSA) is 111 Å². The number of hydrogen-bond acceptors (Lipinski definition) is 6. The van der Waals surface area contributed by atoms with Gasteiger partial charge < -0.3 is 14.8 Å². The third-order valence-electron chi connectivity index (χ3n) is 3.30. The molecular weight excluding hydrogens is 452 g/mol. The number of esters is 1. The van der Waals surface area contributed by atoms with Gasteiger partial charge in [-0.25, -0.2) is 8.42 Å². The van der Waals surface area contributed by atoms with Gasteiger partial charge in [0.2, 0.25) is 15.9 Å². The quantitative estimate of drug-likeness (QED) is 0.429. The Hall–Kier alpha value is -2.43. The predicted molar refractivity (Wildman–Crippen MR) is 107 cm³/mol. The Kier molecular flexibility index (Phi) is 7.97. The minimum Gasteiger partial charge on any atom is -0.490 e. The highest BCUT2D eigenvalue weighted by atomic mass is 79.9. The summed E-state index contributed by atoms with van der Waals surface area (Å²) in [5.74, 6) is -0.370. The first kappa shape index (κ1) is 21.9. The van der Waals surface area contributed by atoms with Gasteiger partial charge >= 0.3 is 5.97 Å². The molecule has 8 nitrogen and oxygen atoms in total. The monoisotopic (exact) mass is 470 g/mol. The third-order valence-corrected chi connectivity index (χ3v) is 5.21. The van der Waals surface area contributed by atoms with Crippen LogP contribution in [0.15, 0.2) is 57.9 Å². The predicted octanol–water partition coefficient (Wildman–Crippen LogP) is 2.31. The van der Waals surface area contributed by atoms with Gasteiger partial charge in [0.25, 0.3) is 0 Å². The van der Waals surface area contributed by atoms with E-state index in [9.17, 15) is 18.0 Å².